The van der Waals surface area contributed by atoms with Gasteiger partial charge in [0.2, 0.25) is 5.91 Å². The Hall–Kier alpha value is -2.52. The molecule has 1 aromatic heterocycles. The Balaban J connectivity index is 1.78. The second kappa shape index (κ2) is 8.72. The predicted octanol–water partition coefficient (Wildman–Crippen LogP) is 5.13. The lowest BCUT2D eigenvalue weighted by molar-refractivity contribution is -0.132. The molecule has 1 amide bonds. The number of halogens is 1. The van der Waals surface area contributed by atoms with Crippen LogP contribution in [-0.4, -0.2) is 15.4 Å². The lowest BCUT2D eigenvalue weighted by Crippen LogP contribution is -2.30. The van der Waals surface area contributed by atoms with Crippen LogP contribution in [0.25, 0.3) is 0 Å². The largest absolute Gasteiger partial charge is 0.345 e. The van der Waals surface area contributed by atoms with E-state index < -0.39 is 0 Å². The first-order valence-corrected chi connectivity index (χ1v) is 9.24. The zero-order valence-electron chi connectivity index (χ0n) is 14.9. The molecular weight excluding hydrogens is 344 g/mol. The van der Waals surface area contributed by atoms with E-state index in [0.717, 1.165) is 21.8 Å². The third-order valence-electron chi connectivity index (χ3n) is 4.45. The quantitative estimate of drug-likeness (QED) is 0.569. The lowest BCUT2D eigenvalue weighted by atomic mass is 10.2. The van der Waals surface area contributed by atoms with Crippen molar-refractivity contribution in [3.63, 3.8) is 0 Å². The molecule has 4 heteroatoms. The van der Waals surface area contributed by atoms with E-state index in [4.69, 9.17) is 11.6 Å². The van der Waals surface area contributed by atoms with Gasteiger partial charge in [-0.05, 0) is 29.3 Å². The molecular formula is C22H23ClN2O. The molecule has 0 unspecified atom stereocenters. The highest BCUT2D eigenvalue weighted by molar-refractivity contribution is 6.31. The molecule has 2 aromatic carbocycles. The number of amides is 1. The van der Waals surface area contributed by atoms with Gasteiger partial charge in [0, 0.05) is 36.4 Å². The molecule has 0 saturated heterocycles. The van der Waals surface area contributed by atoms with E-state index in [1.165, 1.54) is 0 Å². The zero-order chi connectivity index (χ0) is 18.4. The highest BCUT2D eigenvalue weighted by atomic mass is 35.5. The summed E-state index contributed by atoms with van der Waals surface area (Å²) in [6, 6.07) is 22.1. The fourth-order valence-electron chi connectivity index (χ4n) is 3.01. The second-order valence-corrected chi connectivity index (χ2v) is 6.71. The highest BCUT2D eigenvalue weighted by Gasteiger charge is 2.15. The number of carbonyl (C=O) groups excluding carboxylic acids is 1. The van der Waals surface area contributed by atoms with Crippen molar-refractivity contribution in [1.82, 2.24) is 9.47 Å². The van der Waals surface area contributed by atoms with E-state index in [2.05, 4.69) is 22.8 Å². The molecule has 134 valence electrons. The van der Waals surface area contributed by atoms with Crippen LogP contribution in [0.2, 0.25) is 5.02 Å². The number of hydrogen-bond acceptors (Lipinski definition) is 1. The molecule has 0 atom stereocenters. The SMILES string of the molecule is CCC(=O)N(Cc1ccccc1)Cc1cccn1Cc1ccccc1Cl. The zero-order valence-corrected chi connectivity index (χ0v) is 15.7. The molecule has 0 aliphatic carbocycles. The summed E-state index contributed by atoms with van der Waals surface area (Å²) in [6.45, 7) is 3.80. The Bertz CT molecular complexity index is 857. The Morgan fingerprint density at radius 1 is 0.962 bits per heavy atom. The van der Waals surface area contributed by atoms with Crippen LogP contribution in [0, 0.1) is 0 Å². The van der Waals surface area contributed by atoms with Crippen molar-refractivity contribution in [3.05, 3.63) is 94.8 Å². The van der Waals surface area contributed by atoms with Gasteiger partial charge in [0.05, 0.1) is 6.54 Å². The molecule has 3 aromatic rings. The minimum absolute atomic E-state index is 0.152. The van der Waals surface area contributed by atoms with Crippen LogP contribution < -0.4 is 0 Å². The number of nitrogens with zero attached hydrogens (tertiary/aromatic N) is 2. The van der Waals surface area contributed by atoms with Gasteiger partial charge in [0.1, 0.15) is 0 Å². The van der Waals surface area contributed by atoms with E-state index in [1.54, 1.807) is 0 Å². The van der Waals surface area contributed by atoms with Crippen molar-refractivity contribution in [2.45, 2.75) is 33.0 Å². The van der Waals surface area contributed by atoms with Gasteiger partial charge in [-0.1, -0.05) is 67.1 Å². The molecule has 0 saturated carbocycles. The van der Waals surface area contributed by atoms with Crippen LogP contribution in [0.4, 0.5) is 0 Å². The van der Waals surface area contributed by atoms with Crippen molar-refractivity contribution in [3.8, 4) is 0 Å². The standard InChI is InChI=1S/C22H23ClN2O/c1-2-22(26)25(15-18-9-4-3-5-10-18)17-20-12-8-14-24(20)16-19-11-6-7-13-21(19)23/h3-14H,2,15-17H2,1H3. The van der Waals surface area contributed by atoms with Crippen LogP contribution >= 0.6 is 11.6 Å². The van der Waals surface area contributed by atoms with E-state index in [1.807, 2.05) is 66.6 Å². The minimum Gasteiger partial charge on any atom is -0.345 e. The summed E-state index contributed by atoms with van der Waals surface area (Å²) >= 11 is 6.30. The maximum atomic E-state index is 12.5. The number of rotatable bonds is 7. The molecule has 0 bridgehead atoms. The fourth-order valence-corrected chi connectivity index (χ4v) is 3.21. The van der Waals surface area contributed by atoms with E-state index >= 15 is 0 Å². The van der Waals surface area contributed by atoms with Gasteiger partial charge in [0.15, 0.2) is 0 Å². The molecule has 0 N–H and O–H groups in total. The Kier molecular flexibility index (Phi) is 6.13. The van der Waals surface area contributed by atoms with Gasteiger partial charge in [0.25, 0.3) is 0 Å². The van der Waals surface area contributed by atoms with Crippen LogP contribution in [0.3, 0.4) is 0 Å². The average molecular weight is 367 g/mol. The summed E-state index contributed by atoms with van der Waals surface area (Å²) in [6.07, 6.45) is 2.54. The van der Waals surface area contributed by atoms with E-state index in [-0.39, 0.29) is 5.91 Å². The Morgan fingerprint density at radius 3 is 2.42 bits per heavy atom. The van der Waals surface area contributed by atoms with Crippen molar-refractivity contribution >= 4 is 17.5 Å². The van der Waals surface area contributed by atoms with Gasteiger partial charge < -0.3 is 9.47 Å². The summed E-state index contributed by atoms with van der Waals surface area (Å²) in [5.41, 5.74) is 3.31. The average Bonchev–Trinajstić information content (AvgIpc) is 3.10. The first-order valence-electron chi connectivity index (χ1n) is 8.86. The van der Waals surface area contributed by atoms with Gasteiger partial charge in [-0.15, -0.1) is 0 Å². The molecule has 0 aliphatic heterocycles. The summed E-state index contributed by atoms with van der Waals surface area (Å²) in [5, 5.41) is 0.762. The maximum Gasteiger partial charge on any atom is 0.222 e. The minimum atomic E-state index is 0.152. The molecule has 3 rings (SSSR count). The normalized spacial score (nSPS) is 10.7. The van der Waals surface area contributed by atoms with Crippen LogP contribution in [0.5, 0.6) is 0 Å². The van der Waals surface area contributed by atoms with Crippen molar-refractivity contribution < 1.29 is 4.79 Å². The van der Waals surface area contributed by atoms with Crippen molar-refractivity contribution in [2.75, 3.05) is 0 Å². The summed E-state index contributed by atoms with van der Waals surface area (Å²) in [4.78, 5) is 14.4. The van der Waals surface area contributed by atoms with Gasteiger partial charge in [-0.3, -0.25) is 4.79 Å². The van der Waals surface area contributed by atoms with Crippen LogP contribution in [-0.2, 0) is 24.4 Å². The maximum absolute atomic E-state index is 12.5. The smallest absolute Gasteiger partial charge is 0.222 e. The topological polar surface area (TPSA) is 25.2 Å². The molecule has 1 heterocycles. The molecule has 26 heavy (non-hydrogen) atoms. The predicted molar refractivity (Wildman–Crippen MR) is 106 cm³/mol. The monoisotopic (exact) mass is 366 g/mol. The third-order valence-corrected chi connectivity index (χ3v) is 4.82. The number of hydrogen-bond donors (Lipinski definition) is 0. The third kappa shape index (κ3) is 4.55. The van der Waals surface area contributed by atoms with Gasteiger partial charge in [-0.2, -0.15) is 0 Å². The van der Waals surface area contributed by atoms with Gasteiger partial charge in [-0.25, -0.2) is 0 Å². The van der Waals surface area contributed by atoms with Crippen molar-refractivity contribution in [1.29, 1.82) is 0 Å². The Morgan fingerprint density at radius 2 is 1.69 bits per heavy atom. The number of aromatic nitrogens is 1. The summed E-state index contributed by atoms with van der Waals surface area (Å²) in [5.74, 6) is 0.152. The molecule has 3 nitrogen and oxygen atoms in total. The molecule has 0 fully saturated rings. The number of carbonyl (C=O) groups is 1. The highest BCUT2D eigenvalue weighted by Crippen LogP contribution is 2.19. The molecule has 0 aliphatic rings. The Labute approximate surface area is 159 Å². The first-order chi connectivity index (χ1) is 12.7. The van der Waals surface area contributed by atoms with E-state index in [0.29, 0.717) is 26.1 Å². The fraction of sp³-hybridized carbons (Fsp3) is 0.227. The molecule has 0 radical (unpaired) electrons. The van der Waals surface area contributed by atoms with Crippen LogP contribution in [0.15, 0.2) is 72.9 Å². The number of benzene rings is 2. The summed E-state index contributed by atoms with van der Waals surface area (Å²) < 4.78 is 2.15. The van der Waals surface area contributed by atoms with Crippen molar-refractivity contribution in [2.24, 2.45) is 0 Å². The van der Waals surface area contributed by atoms with E-state index in [9.17, 15) is 4.79 Å². The van der Waals surface area contributed by atoms with Gasteiger partial charge >= 0.3 is 0 Å². The lowest BCUT2D eigenvalue weighted by Gasteiger charge is -2.23. The van der Waals surface area contributed by atoms with Crippen LogP contribution in [0.1, 0.15) is 30.2 Å². The summed E-state index contributed by atoms with van der Waals surface area (Å²) in [7, 11) is 0. The second-order valence-electron chi connectivity index (χ2n) is 6.31. The first kappa shape index (κ1) is 18.3. The molecule has 0 spiro atoms.